The van der Waals surface area contributed by atoms with Gasteiger partial charge in [0.15, 0.2) is 0 Å². The number of hydrogen-bond acceptors (Lipinski definition) is 3. The molecule has 0 radical (unpaired) electrons. The third-order valence-corrected chi connectivity index (χ3v) is 4.65. The molecule has 0 spiro atoms. The maximum absolute atomic E-state index is 12.4. The molecule has 0 unspecified atom stereocenters. The molecular formula is C21H23N3O3. The van der Waals surface area contributed by atoms with Gasteiger partial charge >= 0.3 is 5.97 Å². The fourth-order valence-electron chi connectivity index (χ4n) is 3.01. The largest absolute Gasteiger partial charge is 0.481 e. The number of aryl methyl sites for hydroxylation is 3. The van der Waals surface area contributed by atoms with Crippen molar-refractivity contribution in [3.05, 3.63) is 58.9 Å². The van der Waals surface area contributed by atoms with Gasteiger partial charge in [0, 0.05) is 18.3 Å². The minimum Gasteiger partial charge on any atom is -0.481 e. The number of amides is 1. The van der Waals surface area contributed by atoms with Crippen LogP contribution in [0, 0.1) is 20.8 Å². The number of aliphatic carboxylic acids is 1. The zero-order chi connectivity index (χ0) is 19.6. The zero-order valence-electron chi connectivity index (χ0n) is 15.7. The highest BCUT2D eigenvalue weighted by atomic mass is 16.4. The number of nitrogens with zero attached hydrogens (tertiary/aromatic N) is 2. The number of hydrogen-bond donors (Lipinski definition) is 2. The van der Waals surface area contributed by atoms with Crippen molar-refractivity contribution in [2.24, 2.45) is 0 Å². The van der Waals surface area contributed by atoms with Gasteiger partial charge in [0.1, 0.15) is 5.65 Å². The molecule has 27 heavy (non-hydrogen) atoms. The fraction of sp³-hybridized carbons (Fsp3) is 0.286. The van der Waals surface area contributed by atoms with E-state index in [0.717, 1.165) is 33.7 Å². The molecular weight excluding hydrogens is 342 g/mol. The standard InChI is InChI=1S/C21H23N3O3/c1-13-7-9-24-17(12-19(25)22-8-6-20(26)27)21(23-18(24)10-13)16-5-4-14(2)15(3)11-16/h4-5,7,9-11H,6,8,12H2,1-3H3,(H,22,25)(H,26,27). The van der Waals surface area contributed by atoms with Crippen molar-refractivity contribution in [1.29, 1.82) is 0 Å². The molecule has 2 heterocycles. The van der Waals surface area contributed by atoms with E-state index in [-0.39, 0.29) is 25.3 Å². The van der Waals surface area contributed by atoms with Crippen LogP contribution in [0.3, 0.4) is 0 Å². The summed E-state index contributed by atoms with van der Waals surface area (Å²) >= 11 is 0. The number of fused-ring (bicyclic) bond motifs is 1. The summed E-state index contributed by atoms with van der Waals surface area (Å²) in [5.74, 6) is -1.15. The van der Waals surface area contributed by atoms with E-state index in [1.165, 1.54) is 5.56 Å². The van der Waals surface area contributed by atoms with E-state index in [1.54, 1.807) is 0 Å². The van der Waals surface area contributed by atoms with E-state index in [4.69, 9.17) is 10.1 Å². The molecule has 1 aromatic carbocycles. The summed E-state index contributed by atoms with van der Waals surface area (Å²) in [4.78, 5) is 27.8. The lowest BCUT2D eigenvalue weighted by Gasteiger charge is -2.08. The lowest BCUT2D eigenvalue weighted by Crippen LogP contribution is -2.28. The molecule has 2 aromatic heterocycles. The first-order valence-corrected chi connectivity index (χ1v) is 8.89. The highest BCUT2D eigenvalue weighted by Crippen LogP contribution is 2.27. The Hall–Kier alpha value is -3.15. The van der Waals surface area contributed by atoms with Gasteiger partial charge in [-0.2, -0.15) is 0 Å². The Labute approximate surface area is 157 Å². The van der Waals surface area contributed by atoms with Crippen LogP contribution in [0.2, 0.25) is 0 Å². The van der Waals surface area contributed by atoms with Crippen LogP contribution < -0.4 is 5.32 Å². The Morgan fingerprint density at radius 2 is 1.89 bits per heavy atom. The van der Waals surface area contributed by atoms with E-state index in [2.05, 4.69) is 31.3 Å². The van der Waals surface area contributed by atoms with Crippen LogP contribution in [0.15, 0.2) is 36.5 Å². The molecule has 0 atom stereocenters. The monoisotopic (exact) mass is 365 g/mol. The molecule has 2 N–H and O–H groups in total. The molecule has 0 saturated heterocycles. The summed E-state index contributed by atoms with van der Waals surface area (Å²) in [5, 5.41) is 11.4. The van der Waals surface area contributed by atoms with Gasteiger partial charge in [-0.05, 0) is 55.7 Å². The van der Waals surface area contributed by atoms with Gasteiger partial charge in [-0.25, -0.2) is 4.98 Å². The molecule has 6 heteroatoms. The SMILES string of the molecule is Cc1ccn2c(CC(=O)NCCC(=O)O)c(-c3ccc(C)c(C)c3)nc2c1. The third-order valence-electron chi connectivity index (χ3n) is 4.65. The summed E-state index contributed by atoms with van der Waals surface area (Å²) in [6.45, 7) is 6.23. The van der Waals surface area contributed by atoms with Crippen LogP contribution >= 0.6 is 0 Å². The summed E-state index contributed by atoms with van der Waals surface area (Å²) in [6.07, 6.45) is 1.95. The number of carboxylic acids is 1. The second-order valence-corrected chi connectivity index (χ2v) is 6.81. The maximum atomic E-state index is 12.4. The van der Waals surface area contributed by atoms with Crippen LogP contribution in [0.4, 0.5) is 0 Å². The third kappa shape index (κ3) is 4.16. The highest BCUT2D eigenvalue weighted by molar-refractivity contribution is 5.82. The average molecular weight is 365 g/mol. The maximum Gasteiger partial charge on any atom is 0.305 e. The van der Waals surface area contributed by atoms with E-state index in [9.17, 15) is 9.59 Å². The smallest absolute Gasteiger partial charge is 0.305 e. The molecule has 1 amide bonds. The number of imidazole rings is 1. The van der Waals surface area contributed by atoms with Crippen molar-refractivity contribution in [3.8, 4) is 11.3 Å². The minimum atomic E-state index is -0.934. The predicted octanol–water partition coefficient (Wildman–Crippen LogP) is 3.06. The molecule has 0 bridgehead atoms. The predicted molar refractivity (Wildman–Crippen MR) is 104 cm³/mol. The lowest BCUT2D eigenvalue weighted by molar-refractivity contribution is -0.136. The summed E-state index contributed by atoms with van der Waals surface area (Å²) in [5.41, 5.74) is 6.78. The Balaban J connectivity index is 1.99. The first kappa shape index (κ1) is 18.6. The molecule has 0 saturated carbocycles. The Bertz CT molecular complexity index is 1020. The zero-order valence-corrected chi connectivity index (χ0v) is 15.7. The number of carbonyl (C=O) groups is 2. The molecule has 0 aliphatic carbocycles. The van der Waals surface area contributed by atoms with Crippen molar-refractivity contribution >= 4 is 17.5 Å². The molecule has 3 aromatic rings. The van der Waals surface area contributed by atoms with Gasteiger partial charge in [0.2, 0.25) is 5.91 Å². The van der Waals surface area contributed by atoms with E-state index >= 15 is 0 Å². The van der Waals surface area contributed by atoms with Gasteiger partial charge < -0.3 is 14.8 Å². The van der Waals surface area contributed by atoms with Crippen LogP contribution in [-0.4, -0.2) is 32.9 Å². The number of aromatic nitrogens is 2. The topological polar surface area (TPSA) is 83.7 Å². The highest BCUT2D eigenvalue weighted by Gasteiger charge is 2.17. The van der Waals surface area contributed by atoms with Gasteiger partial charge in [-0.15, -0.1) is 0 Å². The first-order chi connectivity index (χ1) is 12.8. The number of nitrogens with one attached hydrogen (secondary N) is 1. The lowest BCUT2D eigenvalue weighted by atomic mass is 10.0. The van der Waals surface area contributed by atoms with E-state index < -0.39 is 5.97 Å². The second kappa shape index (κ2) is 7.61. The number of carboxylic acid groups (broad SMARTS) is 1. The van der Waals surface area contributed by atoms with Crippen LogP contribution in [0.5, 0.6) is 0 Å². The number of benzene rings is 1. The van der Waals surface area contributed by atoms with Crippen molar-refractivity contribution in [2.75, 3.05) is 6.54 Å². The van der Waals surface area contributed by atoms with E-state index in [0.29, 0.717) is 0 Å². The summed E-state index contributed by atoms with van der Waals surface area (Å²) in [7, 11) is 0. The minimum absolute atomic E-state index is 0.0951. The van der Waals surface area contributed by atoms with Gasteiger partial charge in [-0.3, -0.25) is 9.59 Å². The van der Waals surface area contributed by atoms with Crippen LogP contribution in [0.1, 0.15) is 28.8 Å². The quantitative estimate of drug-likeness (QED) is 0.703. The molecule has 3 rings (SSSR count). The first-order valence-electron chi connectivity index (χ1n) is 8.89. The Kier molecular flexibility index (Phi) is 5.26. The molecule has 0 aliphatic heterocycles. The Morgan fingerprint density at radius 3 is 2.59 bits per heavy atom. The fourth-order valence-corrected chi connectivity index (χ4v) is 3.01. The normalized spacial score (nSPS) is 10.9. The number of rotatable bonds is 6. The van der Waals surface area contributed by atoms with Gasteiger partial charge in [0.25, 0.3) is 0 Å². The molecule has 0 aliphatic rings. The van der Waals surface area contributed by atoms with Crippen molar-refractivity contribution in [1.82, 2.24) is 14.7 Å². The number of carbonyl (C=O) groups excluding carboxylic acids is 1. The van der Waals surface area contributed by atoms with E-state index in [1.807, 2.05) is 35.7 Å². The summed E-state index contributed by atoms with van der Waals surface area (Å²) < 4.78 is 1.92. The molecule has 6 nitrogen and oxygen atoms in total. The second-order valence-electron chi connectivity index (χ2n) is 6.81. The van der Waals surface area contributed by atoms with Gasteiger partial charge in [0.05, 0.1) is 24.2 Å². The van der Waals surface area contributed by atoms with Crippen molar-refractivity contribution in [2.45, 2.75) is 33.6 Å². The summed E-state index contributed by atoms with van der Waals surface area (Å²) in [6, 6.07) is 10.1. The van der Waals surface area contributed by atoms with Crippen LogP contribution in [-0.2, 0) is 16.0 Å². The van der Waals surface area contributed by atoms with Crippen LogP contribution in [0.25, 0.3) is 16.9 Å². The van der Waals surface area contributed by atoms with Crippen molar-refractivity contribution in [3.63, 3.8) is 0 Å². The average Bonchev–Trinajstić information content (AvgIpc) is 2.94. The molecule has 0 fully saturated rings. The van der Waals surface area contributed by atoms with Crippen molar-refractivity contribution < 1.29 is 14.7 Å². The number of pyridine rings is 1. The Morgan fingerprint density at radius 1 is 1.11 bits per heavy atom. The molecule has 140 valence electrons. The van der Waals surface area contributed by atoms with Gasteiger partial charge in [-0.1, -0.05) is 12.1 Å².